The molecule has 2 aromatic rings. The van der Waals surface area contributed by atoms with E-state index in [1.54, 1.807) is 0 Å². The first-order valence-corrected chi connectivity index (χ1v) is 10.9. The Labute approximate surface area is 164 Å². The highest BCUT2D eigenvalue weighted by molar-refractivity contribution is 5.59. The maximum Gasteiger partial charge on any atom is 0.119 e. The third-order valence-electron chi connectivity index (χ3n) is 5.79. The molecule has 0 bridgehead atoms. The van der Waals surface area contributed by atoms with Gasteiger partial charge in [-0.15, -0.1) is 0 Å². The van der Waals surface area contributed by atoms with Crippen LogP contribution in [-0.2, 0) is 0 Å². The van der Waals surface area contributed by atoms with E-state index in [1.807, 2.05) is 12.1 Å². The summed E-state index contributed by atoms with van der Waals surface area (Å²) in [6, 6.07) is 12.5. The van der Waals surface area contributed by atoms with E-state index < -0.39 is 0 Å². The second-order valence-electron chi connectivity index (χ2n) is 7.93. The first-order valence-electron chi connectivity index (χ1n) is 10.9. The molecule has 1 aliphatic rings. The summed E-state index contributed by atoms with van der Waals surface area (Å²) in [4.78, 5) is 0. The summed E-state index contributed by atoms with van der Waals surface area (Å²) in [5.74, 6) is 2.45. The highest BCUT2D eigenvalue weighted by atomic mass is 16.5. The maximum absolute atomic E-state index is 5.65. The van der Waals surface area contributed by atoms with Crippen LogP contribution in [0.4, 0.5) is 0 Å². The fourth-order valence-electron chi connectivity index (χ4n) is 4.09. The van der Waals surface area contributed by atoms with Gasteiger partial charge in [-0.25, -0.2) is 0 Å². The zero-order valence-electron chi connectivity index (χ0n) is 17.0. The average molecular weight is 367 g/mol. The maximum atomic E-state index is 5.65. The molecule has 1 aromatic carbocycles. The molecule has 3 nitrogen and oxygen atoms in total. The lowest BCUT2D eigenvalue weighted by molar-refractivity contribution is 0.299. The second-order valence-corrected chi connectivity index (χ2v) is 7.93. The van der Waals surface area contributed by atoms with Crippen LogP contribution in [0.15, 0.2) is 36.4 Å². The Hall–Kier alpha value is -1.90. The number of aromatic nitrogens is 2. The van der Waals surface area contributed by atoms with Crippen LogP contribution in [0.1, 0.15) is 83.2 Å². The lowest BCUT2D eigenvalue weighted by atomic mass is 9.78. The molecule has 0 unspecified atom stereocenters. The molecule has 0 atom stereocenters. The SMILES string of the molecule is CCCCC[C@H]1CC[C@H](c2ccc(-c3ccc(OCCC)cc3)nn2)CC1. The van der Waals surface area contributed by atoms with Crippen LogP contribution in [0.3, 0.4) is 0 Å². The number of ether oxygens (including phenoxy) is 1. The minimum atomic E-state index is 0.596. The van der Waals surface area contributed by atoms with Gasteiger partial charge in [0.25, 0.3) is 0 Å². The number of hydrogen-bond donors (Lipinski definition) is 0. The Morgan fingerprint density at radius 2 is 1.63 bits per heavy atom. The van der Waals surface area contributed by atoms with Gasteiger partial charge in [0.1, 0.15) is 5.75 Å². The fourth-order valence-corrected chi connectivity index (χ4v) is 4.09. The minimum Gasteiger partial charge on any atom is -0.494 e. The number of nitrogens with zero attached hydrogens (tertiary/aromatic N) is 2. The Bertz CT molecular complexity index is 658. The van der Waals surface area contributed by atoms with Gasteiger partial charge >= 0.3 is 0 Å². The predicted octanol–water partition coefficient (Wildman–Crippen LogP) is 6.79. The van der Waals surface area contributed by atoms with E-state index in [9.17, 15) is 0 Å². The molecule has 146 valence electrons. The Morgan fingerprint density at radius 3 is 2.26 bits per heavy atom. The van der Waals surface area contributed by atoms with Gasteiger partial charge in [-0.1, -0.05) is 39.5 Å². The fraction of sp³-hybridized carbons (Fsp3) is 0.583. The van der Waals surface area contributed by atoms with E-state index in [0.717, 1.165) is 36.0 Å². The summed E-state index contributed by atoms with van der Waals surface area (Å²) in [5, 5.41) is 9.07. The molecule has 0 aliphatic heterocycles. The van der Waals surface area contributed by atoms with Crippen LogP contribution in [0.25, 0.3) is 11.3 Å². The summed E-state index contributed by atoms with van der Waals surface area (Å²) >= 11 is 0. The number of unbranched alkanes of at least 4 members (excludes halogenated alkanes) is 2. The van der Waals surface area contributed by atoms with Crippen molar-refractivity contribution >= 4 is 0 Å². The van der Waals surface area contributed by atoms with Gasteiger partial charge in [0, 0.05) is 11.5 Å². The van der Waals surface area contributed by atoms with E-state index in [2.05, 4.69) is 48.3 Å². The largest absolute Gasteiger partial charge is 0.494 e. The van der Waals surface area contributed by atoms with Crippen molar-refractivity contribution in [2.75, 3.05) is 6.61 Å². The molecule has 1 saturated carbocycles. The zero-order valence-corrected chi connectivity index (χ0v) is 17.0. The molecular weight excluding hydrogens is 332 g/mol. The van der Waals surface area contributed by atoms with Gasteiger partial charge in [-0.05, 0) is 74.4 Å². The van der Waals surface area contributed by atoms with Gasteiger partial charge in [-0.3, -0.25) is 0 Å². The first-order chi connectivity index (χ1) is 13.3. The van der Waals surface area contributed by atoms with Crippen molar-refractivity contribution in [2.45, 2.75) is 77.6 Å². The smallest absolute Gasteiger partial charge is 0.119 e. The van der Waals surface area contributed by atoms with Crippen molar-refractivity contribution < 1.29 is 4.74 Å². The first kappa shape index (κ1) is 19.9. The average Bonchev–Trinajstić information content (AvgIpc) is 2.73. The molecule has 1 fully saturated rings. The zero-order chi connectivity index (χ0) is 18.9. The molecule has 1 aromatic heterocycles. The van der Waals surface area contributed by atoms with Crippen molar-refractivity contribution in [1.82, 2.24) is 10.2 Å². The van der Waals surface area contributed by atoms with Gasteiger partial charge in [0.2, 0.25) is 0 Å². The van der Waals surface area contributed by atoms with Gasteiger partial charge < -0.3 is 4.74 Å². The Morgan fingerprint density at radius 1 is 0.852 bits per heavy atom. The Kier molecular flexibility index (Phi) is 7.67. The molecule has 0 saturated heterocycles. The molecule has 0 radical (unpaired) electrons. The molecule has 0 spiro atoms. The quantitative estimate of drug-likeness (QED) is 0.458. The lowest BCUT2D eigenvalue weighted by Crippen LogP contribution is -2.14. The molecule has 1 heterocycles. The number of hydrogen-bond acceptors (Lipinski definition) is 3. The van der Waals surface area contributed by atoms with Crippen LogP contribution in [-0.4, -0.2) is 16.8 Å². The summed E-state index contributed by atoms with van der Waals surface area (Å²) in [5.41, 5.74) is 3.21. The van der Waals surface area contributed by atoms with Crippen LogP contribution < -0.4 is 4.74 Å². The standard InChI is InChI=1S/C24H34N2O/c1-3-5-6-7-19-8-10-20(11-9-19)23-16-17-24(26-25-23)21-12-14-22(15-13-21)27-18-4-2/h12-17,19-20H,3-11,18H2,1-2H3/t19-,20-. The van der Waals surface area contributed by atoms with Gasteiger partial charge in [0.05, 0.1) is 18.0 Å². The van der Waals surface area contributed by atoms with Crippen molar-refractivity contribution in [3.8, 4) is 17.0 Å². The van der Waals surface area contributed by atoms with Crippen molar-refractivity contribution in [3.05, 3.63) is 42.1 Å². The molecule has 1 aliphatic carbocycles. The molecule has 0 N–H and O–H groups in total. The van der Waals surface area contributed by atoms with Crippen molar-refractivity contribution in [1.29, 1.82) is 0 Å². The highest BCUT2D eigenvalue weighted by Gasteiger charge is 2.23. The normalized spacial score (nSPS) is 19.8. The van der Waals surface area contributed by atoms with E-state index in [0.29, 0.717) is 5.92 Å². The molecule has 27 heavy (non-hydrogen) atoms. The monoisotopic (exact) mass is 366 g/mol. The van der Waals surface area contributed by atoms with Gasteiger partial charge in [-0.2, -0.15) is 10.2 Å². The Balaban J connectivity index is 1.53. The summed E-state index contributed by atoms with van der Waals surface area (Å²) in [7, 11) is 0. The second kappa shape index (κ2) is 10.4. The van der Waals surface area contributed by atoms with Crippen LogP contribution in [0.5, 0.6) is 5.75 Å². The van der Waals surface area contributed by atoms with Gasteiger partial charge in [0.15, 0.2) is 0 Å². The van der Waals surface area contributed by atoms with Crippen LogP contribution >= 0.6 is 0 Å². The topological polar surface area (TPSA) is 35.0 Å². The summed E-state index contributed by atoms with van der Waals surface area (Å²) in [6.07, 6.45) is 11.8. The number of benzene rings is 1. The van der Waals surface area contributed by atoms with Crippen LogP contribution in [0, 0.1) is 5.92 Å². The van der Waals surface area contributed by atoms with Crippen molar-refractivity contribution in [2.24, 2.45) is 5.92 Å². The van der Waals surface area contributed by atoms with Crippen molar-refractivity contribution in [3.63, 3.8) is 0 Å². The third kappa shape index (κ3) is 5.79. The van der Waals surface area contributed by atoms with E-state index in [-0.39, 0.29) is 0 Å². The highest BCUT2D eigenvalue weighted by Crippen LogP contribution is 2.37. The molecule has 0 amide bonds. The number of rotatable bonds is 9. The lowest BCUT2D eigenvalue weighted by Gasteiger charge is -2.28. The molecule has 3 rings (SSSR count). The third-order valence-corrected chi connectivity index (χ3v) is 5.79. The summed E-state index contributed by atoms with van der Waals surface area (Å²) < 4.78 is 5.65. The molecule has 3 heteroatoms. The van der Waals surface area contributed by atoms with E-state index in [1.165, 1.54) is 57.1 Å². The molecular formula is C24H34N2O. The van der Waals surface area contributed by atoms with E-state index >= 15 is 0 Å². The summed E-state index contributed by atoms with van der Waals surface area (Å²) in [6.45, 7) is 5.16. The van der Waals surface area contributed by atoms with Crippen LogP contribution in [0.2, 0.25) is 0 Å². The van der Waals surface area contributed by atoms with E-state index in [4.69, 9.17) is 4.74 Å². The predicted molar refractivity (Wildman–Crippen MR) is 112 cm³/mol. The minimum absolute atomic E-state index is 0.596.